The van der Waals surface area contributed by atoms with Crippen LogP contribution in [0.5, 0.6) is 0 Å². The quantitative estimate of drug-likeness (QED) is 0.826. The van der Waals surface area contributed by atoms with Gasteiger partial charge in [-0.15, -0.1) is 0 Å². The Bertz CT molecular complexity index is 293. The summed E-state index contributed by atoms with van der Waals surface area (Å²) < 4.78 is 5.59. The van der Waals surface area contributed by atoms with Gasteiger partial charge in [-0.1, -0.05) is 30.3 Å². The molecule has 0 saturated carbocycles. The number of hydrogen-bond acceptors (Lipinski definition) is 2. The maximum Gasteiger partial charge on any atom is 0.0726 e. The van der Waals surface area contributed by atoms with Gasteiger partial charge in [-0.25, -0.2) is 0 Å². The fourth-order valence-corrected chi connectivity index (χ4v) is 2.31. The van der Waals surface area contributed by atoms with Crippen molar-refractivity contribution in [2.45, 2.75) is 44.2 Å². The summed E-state index contributed by atoms with van der Waals surface area (Å²) >= 11 is 0. The molecular weight excluding hydrogens is 198 g/mol. The van der Waals surface area contributed by atoms with Gasteiger partial charge in [0, 0.05) is 12.6 Å². The molecule has 0 aliphatic carbocycles. The van der Waals surface area contributed by atoms with Crippen molar-refractivity contribution >= 4 is 0 Å². The van der Waals surface area contributed by atoms with E-state index < -0.39 is 0 Å². The summed E-state index contributed by atoms with van der Waals surface area (Å²) in [6, 6.07) is 10.8. The third-order valence-corrected chi connectivity index (χ3v) is 3.29. The Hall–Kier alpha value is -0.860. The van der Waals surface area contributed by atoms with Gasteiger partial charge in [0.2, 0.25) is 0 Å². The van der Waals surface area contributed by atoms with Crippen LogP contribution in [0.15, 0.2) is 30.3 Å². The highest BCUT2D eigenvalue weighted by molar-refractivity contribution is 5.14. The first-order chi connectivity index (χ1) is 7.86. The molecule has 2 heteroatoms. The molecule has 1 aliphatic heterocycles. The van der Waals surface area contributed by atoms with Crippen LogP contribution in [0.1, 0.15) is 31.2 Å². The summed E-state index contributed by atoms with van der Waals surface area (Å²) in [5.41, 5.74) is 7.52. The lowest BCUT2D eigenvalue weighted by atomic mass is 10.0. The molecule has 0 bridgehead atoms. The molecule has 2 N–H and O–H groups in total. The van der Waals surface area contributed by atoms with Gasteiger partial charge >= 0.3 is 0 Å². The van der Waals surface area contributed by atoms with Crippen molar-refractivity contribution in [3.63, 3.8) is 0 Å². The van der Waals surface area contributed by atoms with Gasteiger partial charge in [-0.05, 0) is 37.7 Å². The normalized spacial score (nSPS) is 22.2. The number of benzene rings is 1. The van der Waals surface area contributed by atoms with E-state index in [9.17, 15) is 0 Å². The molecular formula is C14H21NO. The molecule has 1 aromatic rings. The summed E-state index contributed by atoms with van der Waals surface area (Å²) in [5, 5.41) is 0. The van der Waals surface area contributed by atoms with E-state index in [1.54, 1.807) is 0 Å². The molecule has 16 heavy (non-hydrogen) atoms. The molecule has 88 valence electrons. The molecule has 1 heterocycles. The first-order valence-electron chi connectivity index (χ1n) is 6.27. The molecule has 0 amide bonds. The topological polar surface area (TPSA) is 35.2 Å². The van der Waals surface area contributed by atoms with Gasteiger partial charge in [0.15, 0.2) is 0 Å². The van der Waals surface area contributed by atoms with E-state index in [0.717, 1.165) is 32.3 Å². The molecule has 1 saturated heterocycles. The first-order valence-corrected chi connectivity index (χ1v) is 6.27. The summed E-state index contributed by atoms with van der Waals surface area (Å²) in [6.45, 7) is 0.900. The minimum Gasteiger partial charge on any atom is -0.377 e. The van der Waals surface area contributed by atoms with Crippen LogP contribution >= 0.6 is 0 Å². The van der Waals surface area contributed by atoms with E-state index in [1.165, 1.54) is 12.0 Å². The van der Waals surface area contributed by atoms with E-state index in [4.69, 9.17) is 10.5 Å². The van der Waals surface area contributed by atoms with Crippen molar-refractivity contribution in [2.24, 2.45) is 5.73 Å². The average molecular weight is 219 g/mol. The Morgan fingerprint density at radius 3 is 2.81 bits per heavy atom. The Kier molecular flexibility index (Phi) is 4.37. The lowest BCUT2D eigenvalue weighted by Crippen LogP contribution is -2.34. The first kappa shape index (κ1) is 11.6. The van der Waals surface area contributed by atoms with Gasteiger partial charge in [0.1, 0.15) is 0 Å². The lowest BCUT2D eigenvalue weighted by Gasteiger charge is -2.18. The van der Waals surface area contributed by atoms with Gasteiger partial charge in [0.05, 0.1) is 6.10 Å². The van der Waals surface area contributed by atoms with Crippen LogP contribution in [0.4, 0.5) is 0 Å². The van der Waals surface area contributed by atoms with E-state index in [1.807, 2.05) is 0 Å². The molecule has 1 aliphatic rings. The smallest absolute Gasteiger partial charge is 0.0726 e. The fraction of sp³-hybridized carbons (Fsp3) is 0.571. The van der Waals surface area contributed by atoms with Gasteiger partial charge in [-0.3, -0.25) is 0 Å². The number of rotatable bonds is 5. The van der Waals surface area contributed by atoms with Crippen LogP contribution in [-0.4, -0.2) is 18.8 Å². The van der Waals surface area contributed by atoms with Gasteiger partial charge < -0.3 is 10.5 Å². The van der Waals surface area contributed by atoms with Crippen molar-refractivity contribution in [2.75, 3.05) is 6.61 Å². The van der Waals surface area contributed by atoms with E-state index in [-0.39, 0.29) is 6.04 Å². The maximum atomic E-state index is 6.12. The van der Waals surface area contributed by atoms with Crippen LogP contribution in [0.3, 0.4) is 0 Å². The van der Waals surface area contributed by atoms with Gasteiger partial charge in [0.25, 0.3) is 0 Å². The molecule has 0 aromatic heterocycles. The number of ether oxygens (including phenoxy) is 1. The monoisotopic (exact) mass is 219 g/mol. The number of aryl methyl sites for hydroxylation is 1. The molecule has 2 nitrogen and oxygen atoms in total. The molecule has 2 rings (SSSR count). The second-order valence-corrected chi connectivity index (χ2v) is 4.59. The van der Waals surface area contributed by atoms with E-state index in [0.29, 0.717) is 6.10 Å². The standard InChI is InChI=1S/C14H21NO/c15-13(14-10-5-11-16-14)9-4-8-12-6-2-1-3-7-12/h1-3,6-7,13-14H,4-5,8-11,15H2. The number of nitrogens with two attached hydrogens (primary N) is 1. The largest absolute Gasteiger partial charge is 0.377 e. The molecule has 1 aromatic carbocycles. The van der Waals surface area contributed by atoms with Crippen molar-refractivity contribution in [1.29, 1.82) is 0 Å². The molecule has 0 radical (unpaired) electrons. The van der Waals surface area contributed by atoms with Crippen LogP contribution in [-0.2, 0) is 11.2 Å². The van der Waals surface area contributed by atoms with Crippen molar-refractivity contribution in [3.05, 3.63) is 35.9 Å². The van der Waals surface area contributed by atoms with Crippen LogP contribution in [0, 0.1) is 0 Å². The van der Waals surface area contributed by atoms with Crippen LogP contribution in [0.25, 0.3) is 0 Å². The molecule has 1 fully saturated rings. The zero-order chi connectivity index (χ0) is 11.2. The summed E-state index contributed by atoms with van der Waals surface area (Å²) in [5.74, 6) is 0. The predicted octanol–water partition coefficient (Wildman–Crippen LogP) is 2.52. The minimum absolute atomic E-state index is 0.228. The Morgan fingerprint density at radius 2 is 2.12 bits per heavy atom. The predicted molar refractivity (Wildman–Crippen MR) is 66.3 cm³/mol. The van der Waals surface area contributed by atoms with Crippen LogP contribution in [0.2, 0.25) is 0 Å². The molecule has 2 atom stereocenters. The van der Waals surface area contributed by atoms with Gasteiger partial charge in [-0.2, -0.15) is 0 Å². The second kappa shape index (κ2) is 6.02. The number of hydrogen-bond donors (Lipinski definition) is 1. The highest BCUT2D eigenvalue weighted by atomic mass is 16.5. The zero-order valence-electron chi connectivity index (χ0n) is 9.77. The van der Waals surface area contributed by atoms with Crippen LogP contribution < -0.4 is 5.73 Å². The highest BCUT2D eigenvalue weighted by Crippen LogP contribution is 2.17. The Morgan fingerprint density at radius 1 is 1.31 bits per heavy atom. The highest BCUT2D eigenvalue weighted by Gasteiger charge is 2.22. The SMILES string of the molecule is NC(CCCc1ccccc1)C1CCCO1. The van der Waals surface area contributed by atoms with Crippen molar-refractivity contribution < 1.29 is 4.74 Å². The van der Waals surface area contributed by atoms with E-state index in [2.05, 4.69) is 30.3 Å². The van der Waals surface area contributed by atoms with E-state index >= 15 is 0 Å². The summed E-state index contributed by atoms with van der Waals surface area (Å²) in [6.07, 6.45) is 5.99. The minimum atomic E-state index is 0.228. The molecule has 0 spiro atoms. The second-order valence-electron chi connectivity index (χ2n) is 4.59. The fourth-order valence-electron chi connectivity index (χ4n) is 2.31. The average Bonchev–Trinajstić information content (AvgIpc) is 2.84. The maximum absolute atomic E-state index is 6.12. The zero-order valence-corrected chi connectivity index (χ0v) is 9.77. The lowest BCUT2D eigenvalue weighted by molar-refractivity contribution is 0.0870. The Balaban J connectivity index is 1.67. The third-order valence-electron chi connectivity index (χ3n) is 3.29. The Labute approximate surface area is 97.8 Å². The molecule has 2 unspecified atom stereocenters. The third kappa shape index (κ3) is 3.32. The summed E-state index contributed by atoms with van der Waals surface area (Å²) in [7, 11) is 0. The van der Waals surface area contributed by atoms with Crippen molar-refractivity contribution in [3.8, 4) is 0 Å². The summed E-state index contributed by atoms with van der Waals surface area (Å²) in [4.78, 5) is 0. The van der Waals surface area contributed by atoms with Crippen molar-refractivity contribution in [1.82, 2.24) is 0 Å².